The summed E-state index contributed by atoms with van der Waals surface area (Å²) in [6, 6.07) is 13.0. The largest absolute Gasteiger partial charge is 0.416 e. The van der Waals surface area contributed by atoms with Crippen LogP contribution in [-0.2, 0) is 30.6 Å². The van der Waals surface area contributed by atoms with Gasteiger partial charge < -0.3 is 15.4 Å². The molecule has 0 saturated heterocycles. The zero-order chi connectivity index (χ0) is 19.7. The van der Waals surface area contributed by atoms with Gasteiger partial charge in [0.25, 0.3) is 0 Å². The number of rotatable bonds is 7. The summed E-state index contributed by atoms with van der Waals surface area (Å²) in [6.45, 7) is 4.09. The fourth-order valence-electron chi connectivity index (χ4n) is 2.48. The molecule has 2 aromatic rings. The standard InChI is InChI=1S/C20H24F3N3O.HI/c1-3-27-14-17-7-5-4-6-16(17)13-26-19(24-2)25-12-15-8-10-18(11-9-15)20(21,22)23;/h4-11H,3,12-14H2,1-2H3,(H2,24,25,26);1H. The number of halogens is 4. The van der Waals surface area contributed by atoms with E-state index in [-0.39, 0.29) is 24.0 Å². The molecule has 4 nitrogen and oxygen atoms in total. The molecule has 8 heteroatoms. The van der Waals surface area contributed by atoms with E-state index in [1.54, 1.807) is 7.05 Å². The second kappa shape index (κ2) is 11.9. The molecule has 2 N–H and O–H groups in total. The normalized spacial score (nSPS) is 11.7. The van der Waals surface area contributed by atoms with Crippen molar-refractivity contribution in [3.05, 3.63) is 70.8 Å². The van der Waals surface area contributed by atoms with Gasteiger partial charge in [-0.2, -0.15) is 13.2 Å². The maximum absolute atomic E-state index is 12.6. The average molecular weight is 507 g/mol. The van der Waals surface area contributed by atoms with Crippen molar-refractivity contribution in [3.63, 3.8) is 0 Å². The van der Waals surface area contributed by atoms with Crippen LogP contribution in [0, 0.1) is 0 Å². The van der Waals surface area contributed by atoms with Gasteiger partial charge in [-0.15, -0.1) is 24.0 Å². The van der Waals surface area contributed by atoms with E-state index in [0.717, 1.165) is 28.8 Å². The third kappa shape index (κ3) is 7.67. The monoisotopic (exact) mass is 507 g/mol. The number of hydrogen-bond acceptors (Lipinski definition) is 2. The molecule has 0 saturated carbocycles. The molecule has 0 atom stereocenters. The smallest absolute Gasteiger partial charge is 0.377 e. The first-order chi connectivity index (χ1) is 12.9. The first kappa shape index (κ1) is 24.2. The molecule has 2 aromatic carbocycles. The van der Waals surface area contributed by atoms with Gasteiger partial charge in [0.1, 0.15) is 0 Å². The molecule has 0 unspecified atom stereocenters. The fourth-order valence-corrected chi connectivity index (χ4v) is 2.48. The second-order valence-corrected chi connectivity index (χ2v) is 5.88. The number of hydrogen-bond donors (Lipinski definition) is 2. The predicted octanol–water partition coefficient (Wildman–Crippen LogP) is 4.73. The number of aliphatic imine (C=N–C) groups is 1. The van der Waals surface area contributed by atoms with Crippen LogP contribution in [-0.4, -0.2) is 19.6 Å². The van der Waals surface area contributed by atoms with E-state index in [1.807, 2.05) is 31.2 Å². The van der Waals surface area contributed by atoms with Gasteiger partial charge in [-0.1, -0.05) is 36.4 Å². The van der Waals surface area contributed by atoms with Crippen molar-refractivity contribution in [1.29, 1.82) is 0 Å². The summed E-state index contributed by atoms with van der Waals surface area (Å²) < 4.78 is 43.3. The van der Waals surface area contributed by atoms with Crippen LogP contribution in [0.1, 0.15) is 29.2 Å². The predicted molar refractivity (Wildman–Crippen MR) is 116 cm³/mol. The van der Waals surface area contributed by atoms with E-state index >= 15 is 0 Å². The lowest BCUT2D eigenvalue weighted by Gasteiger charge is -2.15. The fraction of sp³-hybridized carbons (Fsp3) is 0.350. The van der Waals surface area contributed by atoms with E-state index in [2.05, 4.69) is 15.6 Å². The van der Waals surface area contributed by atoms with Crippen LogP contribution in [0.25, 0.3) is 0 Å². The molecular weight excluding hydrogens is 482 g/mol. The molecule has 0 aliphatic rings. The maximum atomic E-state index is 12.6. The summed E-state index contributed by atoms with van der Waals surface area (Å²) in [5, 5.41) is 6.31. The lowest BCUT2D eigenvalue weighted by atomic mass is 10.1. The summed E-state index contributed by atoms with van der Waals surface area (Å²) in [5.74, 6) is 0.570. The van der Waals surface area contributed by atoms with E-state index in [4.69, 9.17) is 4.74 Å². The Morgan fingerprint density at radius 2 is 1.57 bits per heavy atom. The molecular formula is C20H25F3IN3O. The molecule has 154 valence electrons. The quantitative estimate of drug-likeness (QED) is 0.324. The topological polar surface area (TPSA) is 45.6 Å². The first-order valence-corrected chi connectivity index (χ1v) is 8.69. The molecule has 0 amide bonds. The third-order valence-corrected chi connectivity index (χ3v) is 3.99. The van der Waals surface area contributed by atoms with Crippen LogP contribution in [0.3, 0.4) is 0 Å². The minimum atomic E-state index is -4.32. The van der Waals surface area contributed by atoms with Crippen molar-refractivity contribution in [2.45, 2.75) is 32.8 Å². The molecule has 2 rings (SSSR count). The van der Waals surface area contributed by atoms with Gasteiger partial charge in [0, 0.05) is 26.7 Å². The second-order valence-electron chi connectivity index (χ2n) is 5.88. The van der Waals surface area contributed by atoms with Crippen molar-refractivity contribution >= 4 is 29.9 Å². The number of nitrogens with one attached hydrogen (secondary N) is 2. The van der Waals surface area contributed by atoms with E-state index in [9.17, 15) is 13.2 Å². The van der Waals surface area contributed by atoms with Gasteiger partial charge in [0.2, 0.25) is 0 Å². The highest BCUT2D eigenvalue weighted by Crippen LogP contribution is 2.29. The highest BCUT2D eigenvalue weighted by Gasteiger charge is 2.29. The van der Waals surface area contributed by atoms with Crippen molar-refractivity contribution in [1.82, 2.24) is 10.6 Å². The number of guanidine groups is 1. The highest BCUT2D eigenvalue weighted by atomic mass is 127. The molecule has 0 heterocycles. The third-order valence-electron chi connectivity index (χ3n) is 3.99. The van der Waals surface area contributed by atoms with Crippen LogP contribution in [0.4, 0.5) is 13.2 Å². The Labute approximate surface area is 180 Å². The SMILES string of the molecule is CCOCc1ccccc1CNC(=NC)NCc1ccc(C(F)(F)F)cc1.I. The zero-order valence-corrected chi connectivity index (χ0v) is 18.2. The van der Waals surface area contributed by atoms with Gasteiger partial charge in [-0.25, -0.2) is 0 Å². The average Bonchev–Trinajstić information content (AvgIpc) is 2.67. The van der Waals surface area contributed by atoms with E-state index in [1.165, 1.54) is 12.1 Å². The number of ether oxygens (including phenoxy) is 1. The molecule has 0 fully saturated rings. The van der Waals surface area contributed by atoms with Crippen LogP contribution in [0.2, 0.25) is 0 Å². The lowest BCUT2D eigenvalue weighted by Crippen LogP contribution is -2.36. The van der Waals surface area contributed by atoms with Gasteiger partial charge in [0.15, 0.2) is 5.96 Å². The number of nitrogens with zero attached hydrogens (tertiary/aromatic N) is 1. The summed E-state index contributed by atoms with van der Waals surface area (Å²) in [7, 11) is 1.65. The maximum Gasteiger partial charge on any atom is 0.416 e. The summed E-state index contributed by atoms with van der Waals surface area (Å²) in [6.07, 6.45) is -4.32. The number of benzene rings is 2. The van der Waals surface area contributed by atoms with Crippen LogP contribution < -0.4 is 10.6 Å². The van der Waals surface area contributed by atoms with Crippen molar-refractivity contribution in [2.75, 3.05) is 13.7 Å². The van der Waals surface area contributed by atoms with Crippen molar-refractivity contribution in [2.24, 2.45) is 4.99 Å². The Morgan fingerprint density at radius 1 is 0.964 bits per heavy atom. The minimum absolute atomic E-state index is 0. The van der Waals surface area contributed by atoms with Gasteiger partial charge in [-0.05, 0) is 35.7 Å². The van der Waals surface area contributed by atoms with Crippen molar-refractivity contribution in [3.8, 4) is 0 Å². The highest BCUT2D eigenvalue weighted by molar-refractivity contribution is 14.0. The van der Waals surface area contributed by atoms with Crippen molar-refractivity contribution < 1.29 is 17.9 Å². The van der Waals surface area contributed by atoms with Crippen LogP contribution in [0.5, 0.6) is 0 Å². The van der Waals surface area contributed by atoms with E-state index in [0.29, 0.717) is 32.3 Å². The molecule has 0 bridgehead atoms. The molecule has 0 aromatic heterocycles. The Hall–Kier alpha value is -1.81. The lowest BCUT2D eigenvalue weighted by molar-refractivity contribution is -0.137. The van der Waals surface area contributed by atoms with Crippen LogP contribution >= 0.6 is 24.0 Å². The Kier molecular flexibility index (Phi) is 10.3. The van der Waals surface area contributed by atoms with E-state index < -0.39 is 11.7 Å². The summed E-state index contributed by atoms with van der Waals surface area (Å²) in [5.41, 5.74) is 2.29. The molecule has 0 aliphatic heterocycles. The Bertz CT molecular complexity index is 749. The molecule has 0 radical (unpaired) electrons. The Morgan fingerprint density at radius 3 is 2.14 bits per heavy atom. The minimum Gasteiger partial charge on any atom is -0.377 e. The zero-order valence-electron chi connectivity index (χ0n) is 15.8. The molecule has 0 spiro atoms. The molecule has 28 heavy (non-hydrogen) atoms. The first-order valence-electron chi connectivity index (χ1n) is 8.69. The summed E-state index contributed by atoms with van der Waals surface area (Å²) in [4.78, 5) is 4.15. The molecule has 0 aliphatic carbocycles. The summed E-state index contributed by atoms with van der Waals surface area (Å²) >= 11 is 0. The van der Waals surface area contributed by atoms with Gasteiger partial charge in [0.05, 0.1) is 12.2 Å². The van der Waals surface area contributed by atoms with Gasteiger partial charge >= 0.3 is 6.18 Å². The number of alkyl halides is 3. The van der Waals surface area contributed by atoms with Gasteiger partial charge in [-0.3, -0.25) is 4.99 Å². The Balaban J connectivity index is 0.00000392. The van der Waals surface area contributed by atoms with Crippen LogP contribution in [0.15, 0.2) is 53.5 Å².